The zero-order valence-electron chi connectivity index (χ0n) is 10.7. The monoisotopic (exact) mass is 251 g/mol. The molecule has 6 nitrogen and oxygen atoms in total. The molecule has 0 aliphatic rings. The summed E-state index contributed by atoms with van der Waals surface area (Å²) in [4.78, 5) is 26.9. The van der Waals surface area contributed by atoms with Gasteiger partial charge in [-0.05, 0) is 12.1 Å². The number of hydrogen-bond acceptors (Lipinski definition) is 4. The molecule has 6 heteroatoms. The quantitative estimate of drug-likeness (QED) is 0.744. The van der Waals surface area contributed by atoms with Gasteiger partial charge in [0.1, 0.15) is 0 Å². The van der Waals surface area contributed by atoms with Crippen LogP contribution in [-0.4, -0.2) is 28.4 Å². The second-order valence-corrected chi connectivity index (χ2v) is 4.85. The van der Waals surface area contributed by atoms with Crippen LogP contribution in [0, 0.1) is 5.41 Å². The molecule has 2 amide bonds. The fourth-order valence-corrected chi connectivity index (χ4v) is 1.10. The maximum absolute atomic E-state index is 11.5. The van der Waals surface area contributed by atoms with Crippen molar-refractivity contribution < 1.29 is 14.7 Å². The summed E-state index contributed by atoms with van der Waals surface area (Å²) in [6, 6.07) is 2.96. The van der Waals surface area contributed by atoms with E-state index in [1.165, 1.54) is 12.3 Å². The Morgan fingerprint density at radius 3 is 2.61 bits per heavy atom. The summed E-state index contributed by atoms with van der Waals surface area (Å²) < 4.78 is 0. The Hall–Kier alpha value is -2.11. The van der Waals surface area contributed by atoms with Crippen LogP contribution in [0.4, 0.5) is 5.82 Å². The zero-order chi connectivity index (χ0) is 13.8. The van der Waals surface area contributed by atoms with Crippen LogP contribution in [0.15, 0.2) is 18.3 Å². The summed E-state index contributed by atoms with van der Waals surface area (Å²) >= 11 is 0. The van der Waals surface area contributed by atoms with Crippen LogP contribution in [0.25, 0.3) is 0 Å². The van der Waals surface area contributed by atoms with Crippen LogP contribution < -0.4 is 10.6 Å². The van der Waals surface area contributed by atoms with Crippen LogP contribution in [0.5, 0.6) is 5.75 Å². The fourth-order valence-electron chi connectivity index (χ4n) is 1.10. The number of nitrogens with one attached hydrogen (secondary N) is 2. The van der Waals surface area contributed by atoms with Crippen LogP contribution in [-0.2, 0) is 9.59 Å². The van der Waals surface area contributed by atoms with Gasteiger partial charge in [-0.2, -0.15) is 0 Å². The molecule has 1 aromatic rings. The molecule has 1 heterocycles. The van der Waals surface area contributed by atoms with E-state index in [0.29, 0.717) is 0 Å². The lowest BCUT2D eigenvalue weighted by Crippen LogP contribution is -2.39. The van der Waals surface area contributed by atoms with Gasteiger partial charge < -0.3 is 15.7 Å². The minimum absolute atomic E-state index is 0.0764. The summed E-state index contributed by atoms with van der Waals surface area (Å²) in [5.74, 6) is -0.704. The third-order valence-corrected chi connectivity index (χ3v) is 2.13. The summed E-state index contributed by atoms with van der Waals surface area (Å²) in [7, 11) is 0. The number of aromatic hydroxyl groups is 1. The van der Waals surface area contributed by atoms with E-state index < -0.39 is 11.3 Å². The van der Waals surface area contributed by atoms with E-state index in [0.717, 1.165) is 0 Å². The molecule has 0 spiro atoms. The standard InChI is InChI=1S/C12H17N3O3/c1-12(2,3)11(18)14-7-9(17)15-10-8(16)5-4-6-13-10/h4-6,16H,7H2,1-3H3,(H,14,18)(H,13,15,17). The Balaban J connectivity index is 2.49. The highest BCUT2D eigenvalue weighted by Crippen LogP contribution is 2.17. The van der Waals surface area contributed by atoms with Crippen LogP contribution >= 0.6 is 0 Å². The number of anilines is 1. The first kappa shape index (κ1) is 14.0. The van der Waals surface area contributed by atoms with Crippen LogP contribution in [0.3, 0.4) is 0 Å². The molecule has 0 unspecified atom stereocenters. The summed E-state index contributed by atoms with van der Waals surface area (Å²) in [6.45, 7) is 5.10. The van der Waals surface area contributed by atoms with Gasteiger partial charge in [-0.1, -0.05) is 20.8 Å². The number of carbonyl (C=O) groups is 2. The molecule has 0 aliphatic heterocycles. The van der Waals surface area contributed by atoms with Crippen molar-refractivity contribution in [3.8, 4) is 5.75 Å². The Morgan fingerprint density at radius 1 is 1.39 bits per heavy atom. The van der Waals surface area contributed by atoms with Gasteiger partial charge in [-0.25, -0.2) is 4.98 Å². The first-order valence-electron chi connectivity index (χ1n) is 5.53. The van der Waals surface area contributed by atoms with Gasteiger partial charge in [0.2, 0.25) is 11.8 Å². The van der Waals surface area contributed by atoms with E-state index in [9.17, 15) is 14.7 Å². The van der Waals surface area contributed by atoms with Gasteiger partial charge in [-0.15, -0.1) is 0 Å². The van der Waals surface area contributed by atoms with Gasteiger partial charge in [-0.3, -0.25) is 9.59 Å². The maximum Gasteiger partial charge on any atom is 0.245 e. The predicted octanol–water partition coefficient (Wildman–Crippen LogP) is 0.888. The van der Waals surface area contributed by atoms with Crippen molar-refractivity contribution in [1.29, 1.82) is 0 Å². The van der Waals surface area contributed by atoms with Gasteiger partial charge >= 0.3 is 0 Å². The Kier molecular flexibility index (Phi) is 4.25. The van der Waals surface area contributed by atoms with Crippen molar-refractivity contribution in [2.24, 2.45) is 5.41 Å². The molecule has 0 bridgehead atoms. The minimum Gasteiger partial charge on any atom is -0.504 e. The van der Waals surface area contributed by atoms with Crippen molar-refractivity contribution in [2.45, 2.75) is 20.8 Å². The van der Waals surface area contributed by atoms with Crippen molar-refractivity contribution in [3.63, 3.8) is 0 Å². The summed E-state index contributed by atoms with van der Waals surface area (Å²) in [5.41, 5.74) is -0.548. The molecule has 0 radical (unpaired) electrons. The largest absolute Gasteiger partial charge is 0.504 e. The number of hydrogen-bond donors (Lipinski definition) is 3. The van der Waals surface area contributed by atoms with Crippen LogP contribution in [0.2, 0.25) is 0 Å². The lowest BCUT2D eigenvalue weighted by atomic mass is 9.96. The number of pyridine rings is 1. The Labute approximate surface area is 105 Å². The third-order valence-electron chi connectivity index (χ3n) is 2.13. The zero-order valence-corrected chi connectivity index (χ0v) is 10.7. The Bertz CT molecular complexity index is 452. The average Bonchev–Trinajstić information content (AvgIpc) is 2.27. The normalized spacial score (nSPS) is 10.8. The highest BCUT2D eigenvalue weighted by Gasteiger charge is 2.21. The van der Waals surface area contributed by atoms with Gasteiger partial charge in [0.15, 0.2) is 11.6 Å². The second-order valence-electron chi connectivity index (χ2n) is 4.85. The molecular weight excluding hydrogens is 234 g/mol. The maximum atomic E-state index is 11.5. The summed E-state index contributed by atoms with van der Waals surface area (Å²) in [5, 5.41) is 14.3. The molecule has 0 aromatic carbocycles. The lowest BCUT2D eigenvalue weighted by Gasteiger charge is -2.17. The number of nitrogens with zero attached hydrogens (tertiary/aromatic N) is 1. The average molecular weight is 251 g/mol. The van der Waals surface area contributed by atoms with E-state index in [1.54, 1.807) is 26.8 Å². The first-order chi connectivity index (χ1) is 8.30. The molecule has 0 fully saturated rings. The molecular formula is C12H17N3O3. The first-order valence-corrected chi connectivity index (χ1v) is 5.53. The molecule has 0 aliphatic carbocycles. The topological polar surface area (TPSA) is 91.3 Å². The highest BCUT2D eigenvalue weighted by atomic mass is 16.3. The fraction of sp³-hybridized carbons (Fsp3) is 0.417. The summed E-state index contributed by atoms with van der Waals surface area (Å²) in [6.07, 6.45) is 1.45. The molecule has 18 heavy (non-hydrogen) atoms. The Morgan fingerprint density at radius 2 is 2.06 bits per heavy atom. The molecule has 0 saturated carbocycles. The van der Waals surface area contributed by atoms with Gasteiger partial charge in [0.25, 0.3) is 0 Å². The van der Waals surface area contributed by atoms with Crippen molar-refractivity contribution in [1.82, 2.24) is 10.3 Å². The van der Waals surface area contributed by atoms with E-state index in [4.69, 9.17) is 0 Å². The van der Waals surface area contributed by atoms with E-state index in [-0.39, 0.29) is 24.0 Å². The van der Waals surface area contributed by atoms with E-state index in [2.05, 4.69) is 15.6 Å². The SMILES string of the molecule is CC(C)(C)C(=O)NCC(=O)Nc1ncccc1O. The molecule has 98 valence electrons. The minimum atomic E-state index is -0.548. The second kappa shape index (κ2) is 5.48. The van der Waals surface area contributed by atoms with E-state index in [1.807, 2.05) is 0 Å². The molecule has 0 saturated heterocycles. The number of amides is 2. The third kappa shape index (κ3) is 4.04. The predicted molar refractivity (Wildman–Crippen MR) is 67.0 cm³/mol. The van der Waals surface area contributed by atoms with Crippen LogP contribution in [0.1, 0.15) is 20.8 Å². The lowest BCUT2D eigenvalue weighted by molar-refractivity contribution is -0.130. The number of carbonyl (C=O) groups excluding carboxylic acids is 2. The van der Waals surface area contributed by atoms with Crippen molar-refractivity contribution in [3.05, 3.63) is 18.3 Å². The number of aromatic nitrogens is 1. The molecule has 1 aromatic heterocycles. The van der Waals surface area contributed by atoms with Crippen molar-refractivity contribution in [2.75, 3.05) is 11.9 Å². The van der Waals surface area contributed by atoms with E-state index >= 15 is 0 Å². The molecule has 3 N–H and O–H groups in total. The van der Waals surface area contributed by atoms with Gasteiger partial charge in [0.05, 0.1) is 6.54 Å². The van der Waals surface area contributed by atoms with Gasteiger partial charge in [0, 0.05) is 11.6 Å². The molecule has 1 rings (SSSR count). The molecule has 0 atom stereocenters. The van der Waals surface area contributed by atoms with Crippen molar-refractivity contribution >= 4 is 17.6 Å². The smallest absolute Gasteiger partial charge is 0.245 e. The highest BCUT2D eigenvalue weighted by molar-refractivity contribution is 5.95. The number of rotatable bonds is 3.